The molecule has 0 heterocycles. The highest BCUT2D eigenvalue weighted by Crippen LogP contribution is 2.46. The Morgan fingerprint density at radius 2 is 1.62 bits per heavy atom. The molecule has 5 heteroatoms. The van der Waals surface area contributed by atoms with Crippen molar-refractivity contribution in [3.63, 3.8) is 0 Å². The van der Waals surface area contributed by atoms with E-state index in [1.165, 1.54) is 12.1 Å². The van der Waals surface area contributed by atoms with Gasteiger partial charge in [0.25, 0.3) is 0 Å². The van der Waals surface area contributed by atoms with Crippen LogP contribution in [-0.4, -0.2) is 8.42 Å². The lowest BCUT2D eigenvalue weighted by Gasteiger charge is -2.18. The highest BCUT2D eigenvalue weighted by Gasteiger charge is 2.47. The second kappa shape index (κ2) is 5.24. The van der Waals surface area contributed by atoms with E-state index < -0.39 is 15.6 Å². The standard InChI is InChI=1S/C16H16FNO2S/c17-15-8-6-14(7-9-15)16(10-11-16)18-21(19,20)12-13-4-2-1-3-5-13/h1-9,18H,10-12H2. The number of sulfonamides is 1. The summed E-state index contributed by atoms with van der Waals surface area (Å²) >= 11 is 0. The van der Waals surface area contributed by atoms with E-state index in [9.17, 15) is 12.8 Å². The summed E-state index contributed by atoms with van der Waals surface area (Å²) in [5, 5.41) is 0. The van der Waals surface area contributed by atoms with Gasteiger partial charge in [-0.1, -0.05) is 42.5 Å². The molecule has 0 saturated heterocycles. The van der Waals surface area contributed by atoms with Gasteiger partial charge in [0.05, 0.1) is 11.3 Å². The molecule has 1 aliphatic rings. The fraction of sp³-hybridized carbons (Fsp3) is 0.250. The van der Waals surface area contributed by atoms with Gasteiger partial charge >= 0.3 is 0 Å². The molecule has 1 fully saturated rings. The Balaban J connectivity index is 1.77. The number of halogens is 1. The summed E-state index contributed by atoms with van der Waals surface area (Å²) in [7, 11) is -3.43. The smallest absolute Gasteiger partial charge is 0.212 e. The van der Waals surface area contributed by atoms with Crippen molar-refractivity contribution in [2.24, 2.45) is 0 Å². The average Bonchev–Trinajstić information content (AvgIpc) is 3.20. The van der Waals surface area contributed by atoms with E-state index in [0.717, 1.165) is 24.0 Å². The van der Waals surface area contributed by atoms with Crippen LogP contribution in [0.15, 0.2) is 54.6 Å². The second-order valence-electron chi connectivity index (χ2n) is 5.44. The molecule has 1 saturated carbocycles. The van der Waals surface area contributed by atoms with Crippen LogP contribution in [0.4, 0.5) is 4.39 Å². The van der Waals surface area contributed by atoms with E-state index in [1.807, 2.05) is 18.2 Å². The molecule has 0 atom stereocenters. The molecule has 0 spiro atoms. The van der Waals surface area contributed by atoms with E-state index in [4.69, 9.17) is 0 Å². The molecule has 3 nitrogen and oxygen atoms in total. The zero-order valence-electron chi connectivity index (χ0n) is 11.4. The van der Waals surface area contributed by atoms with Gasteiger partial charge in [0.15, 0.2) is 0 Å². The van der Waals surface area contributed by atoms with Crippen molar-refractivity contribution in [3.8, 4) is 0 Å². The Kier molecular flexibility index (Phi) is 3.55. The largest absolute Gasteiger partial charge is 0.216 e. The van der Waals surface area contributed by atoms with E-state index >= 15 is 0 Å². The SMILES string of the molecule is O=S(=O)(Cc1ccccc1)NC1(c2ccc(F)cc2)CC1. The van der Waals surface area contributed by atoms with Gasteiger partial charge in [0, 0.05) is 0 Å². The van der Waals surface area contributed by atoms with Crippen LogP contribution < -0.4 is 4.72 Å². The fourth-order valence-electron chi connectivity index (χ4n) is 2.47. The van der Waals surface area contributed by atoms with Gasteiger partial charge < -0.3 is 0 Å². The third kappa shape index (κ3) is 3.31. The normalized spacial score (nSPS) is 16.6. The van der Waals surface area contributed by atoms with E-state index in [1.54, 1.807) is 24.3 Å². The summed E-state index contributed by atoms with van der Waals surface area (Å²) in [6.07, 6.45) is 1.49. The summed E-state index contributed by atoms with van der Waals surface area (Å²) in [4.78, 5) is 0. The first-order valence-corrected chi connectivity index (χ1v) is 8.46. The number of nitrogens with one attached hydrogen (secondary N) is 1. The first kappa shape index (κ1) is 14.2. The van der Waals surface area contributed by atoms with Crippen molar-refractivity contribution in [2.45, 2.75) is 24.1 Å². The first-order chi connectivity index (χ1) is 9.99. The highest BCUT2D eigenvalue weighted by molar-refractivity contribution is 7.88. The van der Waals surface area contributed by atoms with Gasteiger partial charge in [-0.3, -0.25) is 0 Å². The first-order valence-electron chi connectivity index (χ1n) is 6.81. The molecule has 1 aliphatic carbocycles. The predicted octanol–water partition coefficient (Wildman–Crippen LogP) is 2.93. The van der Waals surface area contributed by atoms with Gasteiger partial charge in [0.2, 0.25) is 10.0 Å². The molecule has 2 aromatic carbocycles. The van der Waals surface area contributed by atoms with Crippen LogP contribution >= 0.6 is 0 Å². The van der Waals surface area contributed by atoms with Crippen LogP contribution in [0.1, 0.15) is 24.0 Å². The third-order valence-corrected chi connectivity index (χ3v) is 5.11. The minimum atomic E-state index is -3.43. The lowest BCUT2D eigenvalue weighted by molar-refractivity contribution is 0.550. The number of benzene rings is 2. The minimum absolute atomic E-state index is 0.0449. The molecule has 0 unspecified atom stereocenters. The molecule has 0 aliphatic heterocycles. The van der Waals surface area contributed by atoms with Gasteiger partial charge in [-0.25, -0.2) is 17.5 Å². The molecule has 1 N–H and O–H groups in total. The summed E-state index contributed by atoms with van der Waals surface area (Å²) in [5.41, 5.74) is 1.02. The minimum Gasteiger partial charge on any atom is -0.212 e. The van der Waals surface area contributed by atoms with Crippen LogP contribution in [0.25, 0.3) is 0 Å². The zero-order chi connectivity index (χ0) is 14.9. The van der Waals surface area contributed by atoms with Crippen LogP contribution in [0, 0.1) is 5.82 Å². The number of rotatable bonds is 5. The monoisotopic (exact) mass is 305 g/mol. The zero-order valence-corrected chi connectivity index (χ0v) is 12.2. The predicted molar refractivity (Wildman–Crippen MR) is 79.5 cm³/mol. The summed E-state index contributed by atoms with van der Waals surface area (Å²) in [6, 6.07) is 15.1. The summed E-state index contributed by atoms with van der Waals surface area (Å²) in [6.45, 7) is 0. The Hall–Kier alpha value is -1.72. The van der Waals surface area contributed by atoms with E-state index in [2.05, 4.69) is 4.72 Å². The molecule has 0 aromatic heterocycles. The van der Waals surface area contributed by atoms with Crippen molar-refractivity contribution in [2.75, 3.05) is 0 Å². The van der Waals surface area contributed by atoms with E-state index in [0.29, 0.717) is 0 Å². The number of hydrogen-bond acceptors (Lipinski definition) is 2. The second-order valence-corrected chi connectivity index (χ2v) is 7.16. The summed E-state index contributed by atoms with van der Waals surface area (Å²) < 4.78 is 40.4. The maximum atomic E-state index is 13.0. The highest BCUT2D eigenvalue weighted by atomic mass is 32.2. The maximum absolute atomic E-state index is 13.0. The van der Waals surface area contributed by atoms with Crippen LogP contribution in [0.2, 0.25) is 0 Å². The van der Waals surface area contributed by atoms with Gasteiger partial charge in [-0.05, 0) is 36.1 Å². The van der Waals surface area contributed by atoms with Crippen LogP contribution in [0.3, 0.4) is 0 Å². The Morgan fingerprint density at radius 3 is 2.19 bits per heavy atom. The van der Waals surface area contributed by atoms with Gasteiger partial charge in [0.1, 0.15) is 5.82 Å². The lowest BCUT2D eigenvalue weighted by Crippen LogP contribution is -2.35. The molecule has 110 valence electrons. The van der Waals surface area contributed by atoms with Crippen LogP contribution in [-0.2, 0) is 21.3 Å². The summed E-state index contributed by atoms with van der Waals surface area (Å²) in [5.74, 6) is -0.363. The van der Waals surface area contributed by atoms with Crippen molar-refractivity contribution in [1.29, 1.82) is 0 Å². The molecule has 0 amide bonds. The van der Waals surface area contributed by atoms with Crippen molar-refractivity contribution in [1.82, 2.24) is 4.72 Å². The quantitative estimate of drug-likeness (QED) is 0.923. The average molecular weight is 305 g/mol. The van der Waals surface area contributed by atoms with Crippen molar-refractivity contribution in [3.05, 3.63) is 71.5 Å². The molecule has 2 aromatic rings. The topological polar surface area (TPSA) is 46.2 Å². The number of hydrogen-bond donors (Lipinski definition) is 1. The molecule has 0 bridgehead atoms. The molecular formula is C16H16FNO2S. The molecule has 3 rings (SSSR count). The molecule has 0 radical (unpaired) electrons. The van der Waals surface area contributed by atoms with Crippen molar-refractivity contribution >= 4 is 10.0 Å². The van der Waals surface area contributed by atoms with Crippen molar-refractivity contribution < 1.29 is 12.8 Å². The Morgan fingerprint density at radius 1 is 1.00 bits per heavy atom. The Labute approximate surface area is 123 Å². The molecular weight excluding hydrogens is 289 g/mol. The maximum Gasteiger partial charge on any atom is 0.216 e. The van der Waals surface area contributed by atoms with Gasteiger partial charge in [-0.15, -0.1) is 0 Å². The Bertz CT molecular complexity index is 723. The fourth-order valence-corrected chi connectivity index (χ4v) is 4.09. The molecule has 21 heavy (non-hydrogen) atoms. The third-order valence-electron chi connectivity index (χ3n) is 3.70. The van der Waals surface area contributed by atoms with Gasteiger partial charge in [-0.2, -0.15) is 0 Å². The van der Waals surface area contributed by atoms with E-state index in [-0.39, 0.29) is 11.6 Å². The lowest BCUT2D eigenvalue weighted by atomic mass is 10.1. The van der Waals surface area contributed by atoms with Crippen LogP contribution in [0.5, 0.6) is 0 Å².